The fourth-order valence-electron chi connectivity index (χ4n) is 7.06. The Morgan fingerprint density at radius 2 is 1.02 bits per heavy atom. The van der Waals surface area contributed by atoms with E-state index in [0.29, 0.717) is 78.2 Å². The predicted molar refractivity (Wildman–Crippen MR) is 215 cm³/mol. The maximum absolute atomic E-state index is 12.0. The third-order valence-electron chi connectivity index (χ3n) is 9.60. The highest BCUT2D eigenvalue weighted by Crippen LogP contribution is 2.44. The van der Waals surface area contributed by atoms with E-state index >= 15 is 0 Å². The first-order valence-corrected chi connectivity index (χ1v) is 21.3. The van der Waals surface area contributed by atoms with Crippen molar-refractivity contribution in [2.45, 2.75) is 41.9 Å². The molecule has 55 heavy (non-hydrogen) atoms. The van der Waals surface area contributed by atoms with Gasteiger partial charge >= 0.3 is 0 Å². The van der Waals surface area contributed by atoms with Crippen molar-refractivity contribution in [3.05, 3.63) is 139 Å². The van der Waals surface area contributed by atoms with Gasteiger partial charge in [0.1, 0.15) is 0 Å². The van der Waals surface area contributed by atoms with E-state index in [1.165, 1.54) is 24.3 Å². The van der Waals surface area contributed by atoms with Crippen LogP contribution in [0.2, 0.25) is 20.1 Å². The molecule has 0 fully saturated rings. The molecule has 4 aromatic carbocycles. The van der Waals surface area contributed by atoms with Crippen LogP contribution in [0, 0.1) is 0 Å². The van der Waals surface area contributed by atoms with Crippen molar-refractivity contribution >= 4 is 78.8 Å². The van der Waals surface area contributed by atoms with Crippen LogP contribution >= 0.6 is 46.4 Å². The van der Waals surface area contributed by atoms with Crippen molar-refractivity contribution in [1.82, 2.24) is 19.6 Å². The molecule has 0 radical (unpaired) electrons. The number of rotatable bonds is 10. The van der Waals surface area contributed by atoms with Crippen LogP contribution in [0.5, 0.6) is 0 Å². The molecule has 10 nitrogen and oxygen atoms in total. The zero-order chi connectivity index (χ0) is 38.8. The zero-order valence-electron chi connectivity index (χ0n) is 28.4. The summed E-state index contributed by atoms with van der Waals surface area (Å²) in [4.78, 5) is -0.416. The van der Waals surface area contributed by atoms with Gasteiger partial charge in [0.25, 0.3) is 20.2 Å². The van der Waals surface area contributed by atoms with Gasteiger partial charge in [0, 0.05) is 45.1 Å². The number of benzene rings is 4. The van der Waals surface area contributed by atoms with Crippen LogP contribution in [-0.2, 0) is 33.1 Å². The predicted octanol–water partition coefficient (Wildman–Crippen LogP) is 10.2. The Labute approximate surface area is 336 Å². The molecule has 0 saturated carbocycles. The van der Waals surface area contributed by atoms with Crippen LogP contribution in [0.15, 0.2) is 94.7 Å². The van der Waals surface area contributed by atoms with Gasteiger partial charge in [-0.3, -0.25) is 9.11 Å². The summed E-state index contributed by atoms with van der Waals surface area (Å²) >= 11 is 25.5. The average molecular weight is 855 g/mol. The van der Waals surface area contributed by atoms with E-state index in [1.54, 1.807) is 57.9 Å². The lowest BCUT2D eigenvalue weighted by atomic mass is 10.1. The number of aromatic nitrogens is 4. The van der Waals surface area contributed by atoms with Gasteiger partial charge in [-0.2, -0.15) is 27.0 Å². The summed E-state index contributed by atoms with van der Waals surface area (Å²) in [5, 5.41) is 11.4. The van der Waals surface area contributed by atoms with E-state index in [9.17, 15) is 25.9 Å². The van der Waals surface area contributed by atoms with Crippen molar-refractivity contribution in [3.63, 3.8) is 0 Å². The molecule has 0 amide bonds. The average Bonchev–Trinajstić information content (AvgIpc) is 3.86. The second kappa shape index (κ2) is 14.4. The molecule has 0 unspecified atom stereocenters. The van der Waals surface area contributed by atoms with Crippen molar-refractivity contribution in [2.24, 2.45) is 0 Å². The number of allylic oxidation sites excluding steroid dienone is 2. The molecule has 0 saturated heterocycles. The Bertz CT molecular complexity index is 2670. The van der Waals surface area contributed by atoms with Crippen LogP contribution in [0.3, 0.4) is 0 Å². The SMILES string of the molecule is O=S(=O)(O)c1ccc2c(c1)-c1c(c(/C=C/CCC/C=C/c3nn(-c4ccc(Cl)cc4Cl)c4c3Cc3ccc(S(=O)(=O)O)cc3-4)nn1-c1ccc(Cl)cc1Cl)C2. The number of fused-ring (bicyclic) bond motifs is 6. The lowest BCUT2D eigenvalue weighted by Gasteiger charge is -2.10. The van der Waals surface area contributed by atoms with Crippen molar-refractivity contribution in [1.29, 1.82) is 0 Å². The first-order valence-electron chi connectivity index (χ1n) is 16.9. The van der Waals surface area contributed by atoms with E-state index < -0.39 is 20.2 Å². The van der Waals surface area contributed by atoms with Gasteiger partial charge in [0.05, 0.1) is 54.0 Å². The molecular weight excluding hydrogens is 826 g/mol. The van der Waals surface area contributed by atoms with Crippen LogP contribution in [0.25, 0.3) is 46.0 Å². The maximum Gasteiger partial charge on any atom is 0.294 e. The lowest BCUT2D eigenvalue weighted by Crippen LogP contribution is -2.02. The minimum Gasteiger partial charge on any atom is -0.282 e. The molecule has 2 heterocycles. The largest absolute Gasteiger partial charge is 0.294 e. The Morgan fingerprint density at radius 3 is 1.40 bits per heavy atom. The molecule has 6 aromatic rings. The van der Waals surface area contributed by atoms with Gasteiger partial charge in [-0.05, 0) is 103 Å². The minimum absolute atomic E-state index is 0.208. The fourth-order valence-corrected chi connectivity index (χ4v) is 9.06. The lowest BCUT2D eigenvalue weighted by molar-refractivity contribution is 0.481. The minimum atomic E-state index is -4.43. The van der Waals surface area contributed by atoms with Crippen LogP contribution in [0.1, 0.15) is 52.9 Å². The first-order chi connectivity index (χ1) is 26.2. The van der Waals surface area contributed by atoms with Gasteiger partial charge < -0.3 is 0 Å². The Balaban J connectivity index is 1.04. The van der Waals surface area contributed by atoms with Gasteiger partial charge in [-0.1, -0.05) is 70.7 Å². The standard InChI is InChI=1S/C39H28Cl4N4O6S2/c40-24-10-14-36(32(42)18-24)46-38-28-20-26(54(48,49)50)12-8-22(28)16-30(38)34(44-46)6-4-2-1-3-5-7-35-31-17-23-9-13-27(55(51,52)53)21-29(23)39(31)47(45-35)37-15-11-25(41)19-33(37)43/h4-15,18-21H,1-3,16-17H2,(H,48,49,50)(H,51,52,53)/b6-4+,7-5+. The summed E-state index contributed by atoms with van der Waals surface area (Å²) in [6.07, 6.45) is 11.3. The number of hydrogen-bond donors (Lipinski definition) is 2. The molecule has 0 atom stereocenters. The summed E-state index contributed by atoms with van der Waals surface area (Å²) < 4.78 is 70.8. The third-order valence-corrected chi connectivity index (χ3v) is 12.4. The number of unbranched alkanes of at least 4 members (excludes halogenated alkanes) is 2. The molecule has 280 valence electrons. The molecule has 0 aliphatic heterocycles. The van der Waals surface area contributed by atoms with Gasteiger partial charge in [-0.25, -0.2) is 9.36 Å². The highest BCUT2D eigenvalue weighted by atomic mass is 35.5. The summed E-state index contributed by atoms with van der Waals surface area (Å²) in [7, 11) is -8.85. The molecule has 0 bridgehead atoms. The van der Waals surface area contributed by atoms with E-state index in [0.717, 1.165) is 41.5 Å². The summed E-state index contributed by atoms with van der Waals surface area (Å²) in [5.41, 5.74) is 8.83. The molecule has 2 aliphatic carbocycles. The molecule has 16 heteroatoms. The highest BCUT2D eigenvalue weighted by Gasteiger charge is 2.31. The smallest absolute Gasteiger partial charge is 0.282 e. The molecule has 2 aliphatic rings. The monoisotopic (exact) mass is 852 g/mol. The summed E-state index contributed by atoms with van der Waals surface area (Å²) in [6, 6.07) is 19.2. The van der Waals surface area contributed by atoms with Crippen LogP contribution in [-0.4, -0.2) is 45.5 Å². The third kappa shape index (κ3) is 7.18. The van der Waals surface area contributed by atoms with Crippen molar-refractivity contribution < 1.29 is 25.9 Å². The highest BCUT2D eigenvalue weighted by molar-refractivity contribution is 7.86. The molecule has 8 rings (SSSR count). The van der Waals surface area contributed by atoms with Crippen molar-refractivity contribution in [3.8, 4) is 33.9 Å². The number of nitrogens with zero attached hydrogens (tertiary/aromatic N) is 4. The van der Waals surface area contributed by atoms with Crippen LogP contribution < -0.4 is 0 Å². The topological polar surface area (TPSA) is 144 Å². The van der Waals surface area contributed by atoms with Crippen molar-refractivity contribution in [2.75, 3.05) is 0 Å². The van der Waals surface area contributed by atoms with Crippen LogP contribution in [0.4, 0.5) is 0 Å². The second-order valence-corrected chi connectivity index (χ2v) is 17.6. The maximum atomic E-state index is 12.0. The quantitative estimate of drug-likeness (QED) is 0.102. The van der Waals surface area contributed by atoms with E-state index in [2.05, 4.69) is 0 Å². The molecule has 2 aromatic heterocycles. The van der Waals surface area contributed by atoms with E-state index in [4.69, 9.17) is 56.6 Å². The summed E-state index contributed by atoms with van der Waals surface area (Å²) in [5.74, 6) is 0. The van der Waals surface area contributed by atoms with Gasteiger partial charge in [0.15, 0.2) is 0 Å². The number of halogens is 4. The van der Waals surface area contributed by atoms with E-state index in [-0.39, 0.29) is 9.79 Å². The normalized spacial score (nSPS) is 13.5. The Morgan fingerprint density at radius 1 is 0.600 bits per heavy atom. The van der Waals surface area contributed by atoms with E-state index in [1.807, 2.05) is 24.3 Å². The molecular formula is C39H28Cl4N4O6S2. The second-order valence-electron chi connectivity index (χ2n) is 13.1. The Kier molecular flexibility index (Phi) is 9.84. The Hall–Kier alpha value is -4.24. The number of hydrogen-bond acceptors (Lipinski definition) is 6. The molecule has 0 spiro atoms. The van der Waals surface area contributed by atoms with Gasteiger partial charge in [0.2, 0.25) is 0 Å². The zero-order valence-corrected chi connectivity index (χ0v) is 33.1. The fraction of sp³-hybridized carbons (Fsp3) is 0.128. The molecule has 2 N–H and O–H groups in total. The van der Waals surface area contributed by atoms with Gasteiger partial charge in [-0.15, -0.1) is 0 Å². The first kappa shape index (κ1) is 37.7. The summed E-state index contributed by atoms with van der Waals surface area (Å²) in [6.45, 7) is 0.